The third-order valence-corrected chi connectivity index (χ3v) is 9.13. The quantitative estimate of drug-likeness (QED) is 0.236. The Morgan fingerprint density at radius 2 is 1.05 bits per heavy atom. The molecule has 1 heterocycles. The molecule has 8 aromatic rings. The summed E-state index contributed by atoms with van der Waals surface area (Å²) in [4.78, 5) is 0. The van der Waals surface area contributed by atoms with E-state index in [4.69, 9.17) is 4.42 Å². The minimum atomic E-state index is -0.386. The third-order valence-electron chi connectivity index (χ3n) is 9.13. The summed E-state index contributed by atoms with van der Waals surface area (Å²) in [6.45, 7) is 0. The summed E-state index contributed by atoms with van der Waals surface area (Å²) in [5, 5.41) is 8.23. The van der Waals surface area contributed by atoms with Gasteiger partial charge in [0.25, 0.3) is 0 Å². The van der Waals surface area contributed by atoms with Crippen molar-refractivity contribution in [2.24, 2.45) is 0 Å². The van der Waals surface area contributed by atoms with Gasteiger partial charge in [0, 0.05) is 33.6 Å². The molecule has 1 aromatic heterocycles. The standard InChI is InChI=1S/C41H27NO/c1-2-11-28(12-3-1)41(37-16-8-6-14-33(37)34-15-7-9-17-38(34)41)29-19-21-30(22-20-29)42-31-23-25-35-36-24-18-27-10-4-5-13-32(27)40(36)43-39(35)26-31/h1-26,42H. The van der Waals surface area contributed by atoms with Gasteiger partial charge < -0.3 is 9.73 Å². The van der Waals surface area contributed by atoms with Crippen LogP contribution in [0.15, 0.2) is 162 Å². The van der Waals surface area contributed by atoms with Crippen molar-refractivity contribution in [2.75, 3.05) is 5.32 Å². The summed E-state index contributed by atoms with van der Waals surface area (Å²) in [5.74, 6) is 0. The lowest BCUT2D eigenvalue weighted by molar-refractivity contribution is 0.673. The van der Waals surface area contributed by atoms with Gasteiger partial charge in [0.15, 0.2) is 0 Å². The van der Waals surface area contributed by atoms with Gasteiger partial charge in [-0.1, -0.05) is 121 Å². The van der Waals surface area contributed by atoms with Gasteiger partial charge in [0.1, 0.15) is 11.2 Å². The Morgan fingerprint density at radius 1 is 0.442 bits per heavy atom. The highest BCUT2D eigenvalue weighted by Gasteiger charge is 2.45. The van der Waals surface area contributed by atoms with Crippen LogP contribution in [-0.2, 0) is 5.41 Å². The molecule has 0 radical (unpaired) electrons. The van der Waals surface area contributed by atoms with Crippen LogP contribution in [0.25, 0.3) is 43.8 Å². The SMILES string of the molecule is c1ccc(C2(c3ccc(Nc4ccc5c(c4)oc4c6ccccc6ccc54)cc3)c3ccccc3-c3ccccc32)cc1. The van der Waals surface area contributed by atoms with Gasteiger partial charge in [-0.05, 0) is 69.1 Å². The van der Waals surface area contributed by atoms with E-state index in [9.17, 15) is 0 Å². The smallest absolute Gasteiger partial charge is 0.143 e. The van der Waals surface area contributed by atoms with Gasteiger partial charge in [0.05, 0.1) is 5.41 Å². The highest BCUT2D eigenvalue weighted by Crippen LogP contribution is 2.56. The fourth-order valence-electron chi connectivity index (χ4n) is 7.26. The van der Waals surface area contributed by atoms with Crippen LogP contribution in [0.1, 0.15) is 22.3 Å². The molecule has 1 N–H and O–H groups in total. The summed E-state index contributed by atoms with van der Waals surface area (Å²) >= 11 is 0. The van der Waals surface area contributed by atoms with Crippen LogP contribution < -0.4 is 5.32 Å². The summed E-state index contributed by atoms with van der Waals surface area (Å²) in [6.07, 6.45) is 0. The molecule has 0 saturated heterocycles. The first-order valence-corrected chi connectivity index (χ1v) is 14.8. The van der Waals surface area contributed by atoms with Gasteiger partial charge in [0.2, 0.25) is 0 Å². The number of furan rings is 1. The minimum absolute atomic E-state index is 0.386. The molecule has 202 valence electrons. The van der Waals surface area contributed by atoms with Crippen LogP contribution in [0, 0.1) is 0 Å². The van der Waals surface area contributed by atoms with Crippen LogP contribution in [0.2, 0.25) is 0 Å². The average Bonchev–Trinajstić information content (AvgIpc) is 3.60. The Morgan fingerprint density at radius 3 is 1.81 bits per heavy atom. The van der Waals surface area contributed by atoms with Crippen molar-refractivity contribution in [3.05, 3.63) is 180 Å². The lowest BCUT2D eigenvalue weighted by Crippen LogP contribution is -2.28. The van der Waals surface area contributed by atoms with Crippen molar-refractivity contribution in [2.45, 2.75) is 5.41 Å². The zero-order valence-corrected chi connectivity index (χ0v) is 23.4. The Balaban J connectivity index is 1.13. The Bertz CT molecular complexity index is 2270. The van der Waals surface area contributed by atoms with Crippen molar-refractivity contribution in [3.8, 4) is 11.1 Å². The Kier molecular flexibility index (Phi) is 5.15. The average molecular weight is 550 g/mol. The van der Waals surface area contributed by atoms with Crippen molar-refractivity contribution in [3.63, 3.8) is 0 Å². The van der Waals surface area contributed by atoms with E-state index in [1.54, 1.807) is 0 Å². The van der Waals surface area contributed by atoms with E-state index < -0.39 is 0 Å². The summed E-state index contributed by atoms with van der Waals surface area (Å²) < 4.78 is 6.42. The topological polar surface area (TPSA) is 25.2 Å². The first-order chi connectivity index (χ1) is 21.3. The van der Waals surface area contributed by atoms with Crippen LogP contribution in [0.3, 0.4) is 0 Å². The normalized spacial score (nSPS) is 13.3. The van der Waals surface area contributed by atoms with E-state index in [0.29, 0.717) is 0 Å². The van der Waals surface area contributed by atoms with E-state index in [1.165, 1.54) is 38.8 Å². The second kappa shape index (κ2) is 9.20. The van der Waals surface area contributed by atoms with Gasteiger partial charge >= 0.3 is 0 Å². The van der Waals surface area contributed by atoms with Crippen LogP contribution >= 0.6 is 0 Å². The van der Waals surface area contributed by atoms with Gasteiger partial charge in [-0.25, -0.2) is 0 Å². The number of fused-ring (bicyclic) bond motifs is 8. The lowest BCUT2D eigenvalue weighted by atomic mass is 9.68. The van der Waals surface area contributed by atoms with E-state index in [-0.39, 0.29) is 5.41 Å². The van der Waals surface area contributed by atoms with Crippen LogP contribution in [0.5, 0.6) is 0 Å². The predicted octanol–water partition coefficient (Wildman–Crippen LogP) is 10.8. The molecule has 0 amide bonds. The lowest BCUT2D eigenvalue weighted by Gasteiger charge is -2.34. The number of anilines is 2. The molecule has 2 nitrogen and oxygen atoms in total. The molecule has 1 aliphatic rings. The fraction of sp³-hybridized carbons (Fsp3) is 0.0244. The molecule has 43 heavy (non-hydrogen) atoms. The maximum absolute atomic E-state index is 6.42. The first kappa shape index (κ1) is 24.0. The number of hydrogen-bond donors (Lipinski definition) is 1. The molecule has 7 aromatic carbocycles. The molecule has 0 aliphatic heterocycles. The molecule has 2 heteroatoms. The Labute approximate surface area is 249 Å². The molecular weight excluding hydrogens is 522 g/mol. The largest absolute Gasteiger partial charge is 0.455 e. The van der Waals surface area contributed by atoms with Crippen molar-refractivity contribution >= 4 is 44.1 Å². The third kappa shape index (κ3) is 3.47. The van der Waals surface area contributed by atoms with Crippen molar-refractivity contribution < 1.29 is 4.42 Å². The molecule has 0 spiro atoms. The molecule has 0 bridgehead atoms. The predicted molar refractivity (Wildman–Crippen MR) is 178 cm³/mol. The van der Waals surface area contributed by atoms with E-state index in [1.807, 2.05) is 0 Å². The first-order valence-electron chi connectivity index (χ1n) is 14.8. The molecule has 0 saturated carbocycles. The number of hydrogen-bond acceptors (Lipinski definition) is 2. The zero-order chi connectivity index (χ0) is 28.4. The molecule has 1 aliphatic carbocycles. The summed E-state index contributed by atoms with van der Waals surface area (Å²) in [6, 6.07) is 56.7. The van der Waals surface area contributed by atoms with E-state index in [2.05, 4.69) is 163 Å². The van der Waals surface area contributed by atoms with Crippen LogP contribution in [-0.4, -0.2) is 0 Å². The second-order valence-corrected chi connectivity index (χ2v) is 11.4. The van der Waals surface area contributed by atoms with E-state index >= 15 is 0 Å². The zero-order valence-electron chi connectivity index (χ0n) is 23.4. The molecule has 0 fully saturated rings. The highest BCUT2D eigenvalue weighted by molar-refractivity contribution is 6.15. The summed E-state index contributed by atoms with van der Waals surface area (Å²) in [5.41, 5.74) is 11.3. The molecule has 0 atom stereocenters. The van der Waals surface area contributed by atoms with Gasteiger partial charge in [-0.2, -0.15) is 0 Å². The molecule has 9 rings (SSSR count). The van der Waals surface area contributed by atoms with Gasteiger partial charge in [-0.15, -0.1) is 0 Å². The summed E-state index contributed by atoms with van der Waals surface area (Å²) in [7, 11) is 0. The maximum atomic E-state index is 6.42. The second-order valence-electron chi connectivity index (χ2n) is 11.4. The van der Waals surface area contributed by atoms with Gasteiger partial charge in [-0.3, -0.25) is 0 Å². The monoisotopic (exact) mass is 549 g/mol. The molecular formula is C41H27NO. The number of nitrogens with one attached hydrogen (secondary N) is 1. The van der Waals surface area contributed by atoms with Crippen molar-refractivity contribution in [1.29, 1.82) is 0 Å². The fourth-order valence-corrected chi connectivity index (χ4v) is 7.26. The van der Waals surface area contributed by atoms with E-state index in [0.717, 1.165) is 38.7 Å². The Hall–Kier alpha value is -5.60. The van der Waals surface area contributed by atoms with Crippen molar-refractivity contribution in [1.82, 2.24) is 0 Å². The minimum Gasteiger partial charge on any atom is -0.455 e. The highest BCUT2D eigenvalue weighted by atomic mass is 16.3. The van der Waals surface area contributed by atoms with Crippen LogP contribution in [0.4, 0.5) is 11.4 Å². The molecule has 0 unspecified atom stereocenters. The number of rotatable bonds is 4. The number of benzene rings is 7. The maximum Gasteiger partial charge on any atom is 0.143 e.